The van der Waals surface area contributed by atoms with E-state index in [0.717, 1.165) is 11.1 Å². The van der Waals surface area contributed by atoms with Gasteiger partial charge in [0.2, 0.25) is 11.2 Å². The zero-order valence-electron chi connectivity index (χ0n) is 10.2. The second-order valence-electron chi connectivity index (χ2n) is 4.07. The molecule has 0 aliphatic carbocycles. The highest BCUT2D eigenvalue weighted by atomic mass is 35.5. The summed E-state index contributed by atoms with van der Waals surface area (Å²) in [5.41, 5.74) is 2.05. The number of imidazole rings is 1. The summed E-state index contributed by atoms with van der Waals surface area (Å²) in [6.07, 6.45) is 5.03. The Morgan fingerprint density at radius 1 is 1.16 bits per heavy atom. The van der Waals surface area contributed by atoms with Crippen molar-refractivity contribution < 1.29 is 0 Å². The number of rotatable bonds is 2. The van der Waals surface area contributed by atoms with Gasteiger partial charge in [-0.05, 0) is 24.6 Å². The van der Waals surface area contributed by atoms with Crippen molar-refractivity contribution in [1.29, 1.82) is 0 Å². The molecular weight excluding hydrogens is 262 g/mol. The highest BCUT2D eigenvalue weighted by Gasteiger charge is 2.08. The van der Waals surface area contributed by atoms with E-state index in [9.17, 15) is 0 Å². The number of hydrogen-bond donors (Lipinski definition) is 0. The molecule has 0 radical (unpaired) electrons. The van der Waals surface area contributed by atoms with Gasteiger partial charge >= 0.3 is 0 Å². The molecule has 6 heteroatoms. The van der Waals surface area contributed by atoms with Gasteiger partial charge in [-0.3, -0.25) is 4.57 Å². The summed E-state index contributed by atoms with van der Waals surface area (Å²) in [5, 5.41) is 0.162. The molecule has 2 heterocycles. The largest absolute Gasteiger partial charge is 0.274 e. The third-order valence-corrected chi connectivity index (χ3v) is 2.78. The number of halogens is 1. The number of hydrogen-bond acceptors (Lipinski definition) is 4. The normalized spacial score (nSPS) is 10.6. The molecular formula is C13H10ClN5. The summed E-state index contributed by atoms with van der Waals surface area (Å²) >= 11 is 5.96. The van der Waals surface area contributed by atoms with Crippen molar-refractivity contribution in [3.05, 3.63) is 53.8 Å². The molecule has 1 aromatic carbocycles. The van der Waals surface area contributed by atoms with Gasteiger partial charge in [0.25, 0.3) is 0 Å². The summed E-state index contributed by atoms with van der Waals surface area (Å²) in [6.45, 7) is 2.02. The lowest BCUT2D eigenvalue weighted by Crippen LogP contribution is -2.03. The molecule has 5 nitrogen and oxygen atoms in total. The quantitative estimate of drug-likeness (QED) is 0.719. The Labute approximate surface area is 115 Å². The van der Waals surface area contributed by atoms with Crippen molar-refractivity contribution in [2.24, 2.45) is 0 Å². The van der Waals surface area contributed by atoms with Crippen LogP contribution >= 0.6 is 11.6 Å². The first-order valence-electron chi connectivity index (χ1n) is 5.69. The molecule has 3 rings (SSSR count). The molecule has 0 aliphatic rings. The van der Waals surface area contributed by atoms with E-state index in [4.69, 9.17) is 11.6 Å². The van der Waals surface area contributed by atoms with Gasteiger partial charge in [0.15, 0.2) is 5.82 Å². The summed E-state index contributed by atoms with van der Waals surface area (Å²) < 4.78 is 1.69. The monoisotopic (exact) mass is 271 g/mol. The molecule has 0 fully saturated rings. The van der Waals surface area contributed by atoms with E-state index in [2.05, 4.69) is 19.9 Å². The van der Waals surface area contributed by atoms with Gasteiger partial charge in [-0.25, -0.2) is 4.98 Å². The van der Waals surface area contributed by atoms with Gasteiger partial charge in [0.1, 0.15) is 6.33 Å². The van der Waals surface area contributed by atoms with Crippen LogP contribution in [0.3, 0.4) is 0 Å². The second-order valence-corrected chi connectivity index (χ2v) is 4.41. The van der Waals surface area contributed by atoms with Gasteiger partial charge < -0.3 is 0 Å². The zero-order chi connectivity index (χ0) is 13.2. The molecule has 94 valence electrons. The predicted molar refractivity (Wildman–Crippen MR) is 72.1 cm³/mol. The molecule has 0 spiro atoms. The predicted octanol–water partition coefficient (Wildman–Crippen LogP) is 2.69. The van der Waals surface area contributed by atoms with Crippen LogP contribution in [-0.4, -0.2) is 24.5 Å². The molecule has 19 heavy (non-hydrogen) atoms. The first kappa shape index (κ1) is 11.8. The maximum atomic E-state index is 5.96. The van der Waals surface area contributed by atoms with Crippen molar-refractivity contribution >= 4 is 11.6 Å². The first-order valence-corrected chi connectivity index (χ1v) is 6.07. The smallest absolute Gasteiger partial charge is 0.239 e. The lowest BCUT2D eigenvalue weighted by atomic mass is 10.1. The van der Waals surface area contributed by atoms with E-state index in [-0.39, 0.29) is 5.28 Å². The Morgan fingerprint density at radius 2 is 2.05 bits per heavy atom. The van der Waals surface area contributed by atoms with Crippen LogP contribution in [0.15, 0.2) is 43.0 Å². The highest BCUT2D eigenvalue weighted by molar-refractivity contribution is 6.28. The fourth-order valence-electron chi connectivity index (χ4n) is 1.75. The molecule has 2 aromatic heterocycles. The minimum atomic E-state index is 0.162. The first-order chi connectivity index (χ1) is 9.22. The molecule has 0 atom stereocenters. The van der Waals surface area contributed by atoms with Crippen LogP contribution < -0.4 is 0 Å². The van der Waals surface area contributed by atoms with E-state index < -0.39 is 0 Å². The Balaban J connectivity index is 2.12. The van der Waals surface area contributed by atoms with Crippen LogP contribution in [0.1, 0.15) is 5.56 Å². The summed E-state index contributed by atoms with van der Waals surface area (Å²) in [6, 6.07) is 7.92. The minimum Gasteiger partial charge on any atom is -0.274 e. The lowest BCUT2D eigenvalue weighted by Gasteiger charge is -2.05. The molecule has 0 saturated carbocycles. The Kier molecular flexibility index (Phi) is 2.97. The van der Waals surface area contributed by atoms with Gasteiger partial charge in [-0.1, -0.05) is 23.8 Å². The van der Waals surface area contributed by atoms with Gasteiger partial charge in [0, 0.05) is 18.0 Å². The number of aryl methyl sites for hydroxylation is 1. The fourth-order valence-corrected chi connectivity index (χ4v) is 1.90. The van der Waals surface area contributed by atoms with Crippen LogP contribution in [0, 0.1) is 6.92 Å². The molecule has 0 bridgehead atoms. The summed E-state index contributed by atoms with van der Waals surface area (Å²) in [7, 11) is 0. The van der Waals surface area contributed by atoms with Crippen LogP contribution in [0.25, 0.3) is 17.3 Å². The average molecular weight is 272 g/mol. The van der Waals surface area contributed by atoms with Crippen LogP contribution in [0.2, 0.25) is 5.28 Å². The van der Waals surface area contributed by atoms with Crippen molar-refractivity contribution in [2.75, 3.05) is 0 Å². The maximum Gasteiger partial charge on any atom is 0.239 e. The molecule has 0 amide bonds. The molecule has 0 N–H and O–H groups in total. The standard InChI is InChI=1S/C13H10ClN5/c1-9-3-2-4-10(7-9)11-16-12(14)18-13(17-11)19-6-5-15-8-19/h2-8H,1H3. The second kappa shape index (κ2) is 4.78. The van der Waals surface area contributed by atoms with Crippen LogP contribution in [0.5, 0.6) is 0 Å². The maximum absolute atomic E-state index is 5.96. The van der Waals surface area contributed by atoms with Crippen LogP contribution in [0.4, 0.5) is 0 Å². The molecule has 0 saturated heterocycles. The van der Waals surface area contributed by atoms with Gasteiger partial charge in [-0.2, -0.15) is 15.0 Å². The van der Waals surface area contributed by atoms with E-state index >= 15 is 0 Å². The molecule has 3 aromatic rings. The van der Waals surface area contributed by atoms with Gasteiger partial charge in [-0.15, -0.1) is 0 Å². The third kappa shape index (κ3) is 2.46. The minimum absolute atomic E-state index is 0.162. The summed E-state index contributed by atoms with van der Waals surface area (Å²) in [4.78, 5) is 16.6. The zero-order valence-corrected chi connectivity index (χ0v) is 10.9. The SMILES string of the molecule is Cc1cccc(-c2nc(Cl)nc(-n3ccnc3)n2)c1. The topological polar surface area (TPSA) is 56.5 Å². The van der Waals surface area contributed by atoms with Crippen molar-refractivity contribution in [1.82, 2.24) is 24.5 Å². The highest BCUT2D eigenvalue weighted by Crippen LogP contribution is 2.18. The fraction of sp³-hybridized carbons (Fsp3) is 0.0769. The third-order valence-electron chi connectivity index (χ3n) is 2.61. The van der Waals surface area contributed by atoms with Crippen molar-refractivity contribution in [3.8, 4) is 17.3 Å². The van der Waals surface area contributed by atoms with Crippen molar-refractivity contribution in [2.45, 2.75) is 6.92 Å². The van der Waals surface area contributed by atoms with E-state index in [1.165, 1.54) is 0 Å². The Hall–Kier alpha value is -2.27. The van der Waals surface area contributed by atoms with E-state index in [1.807, 2.05) is 31.2 Å². The van der Waals surface area contributed by atoms with Crippen molar-refractivity contribution in [3.63, 3.8) is 0 Å². The Morgan fingerprint density at radius 3 is 2.79 bits per heavy atom. The van der Waals surface area contributed by atoms with Crippen LogP contribution in [-0.2, 0) is 0 Å². The van der Waals surface area contributed by atoms with E-state index in [1.54, 1.807) is 23.3 Å². The molecule has 0 unspecified atom stereocenters. The number of aromatic nitrogens is 5. The lowest BCUT2D eigenvalue weighted by molar-refractivity contribution is 0.899. The number of benzene rings is 1. The Bertz CT molecular complexity index is 709. The number of nitrogens with zero attached hydrogens (tertiary/aromatic N) is 5. The van der Waals surface area contributed by atoms with Gasteiger partial charge in [0.05, 0.1) is 0 Å². The molecule has 0 aliphatic heterocycles. The average Bonchev–Trinajstić information content (AvgIpc) is 2.92. The summed E-state index contributed by atoms with van der Waals surface area (Å²) in [5.74, 6) is 1.00. The van der Waals surface area contributed by atoms with E-state index in [0.29, 0.717) is 11.8 Å².